The van der Waals surface area contributed by atoms with E-state index in [-0.39, 0.29) is 17.1 Å². The molecule has 0 aromatic heterocycles. The van der Waals surface area contributed by atoms with Crippen LogP contribution in [0.4, 0.5) is 0 Å². The molecule has 2 N–H and O–H groups in total. The van der Waals surface area contributed by atoms with E-state index in [1.807, 2.05) is 0 Å². The van der Waals surface area contributed by atoms with Crippen molar-refractivity contribution in [2.75, 3.05) is 14.2 Å². The Labute approximate surface area is 82.8 Å². The molecule has 0 bridgehead atoms. The van der Waals surface area contributed by atoms with Crippen LogP contribution < -0.4 is 0 Å². The first-order chi connectivity index (χ1) is 6.56. The van der Waals surface area contributed by atoms with Crippen molar-refractivity contribution < 1.29 is 19.7 Å². The molecule has 4 heteroatoms. The van der Waals surface area contributed by atoms with Gasteiger partial charge in [-0.05, 0) is 18.6 Å². The molecule has 1 aromatic carbocycles. The molecule has 0 aliphatic carbocycles. The Morgan fingerprint density at radius 1 is 1.29 bits per heavy atom. The molecular formula is C10H14O4. The summed E-state index contributed by atoms with van der Waals surface area (Å²) in [5, 5.41) is 18.0. The highest BCUT2D eigenvalue weighted by atomic mass is 16.4. The number of rotatable bonds is 1. The first-order valence-electron chi connectivity index (χ1n) is 3.94. The molecule has 0 fully saturated rings. The molecule has 0 amide bonds. The molecule has 1 rings (SSSR count). The molecule has 0 saturated carbocycles. The maximum Gasteiger partial charge on any atom is 0.154 e. The second-order valence-electron chi connectivity index (χ2n) is 2.72. The zero-order valence-corrected chi connectivity index (χ0v) is 8.44. The molecule has 0 spiro atoms. The monoisotopic (exact) mass is 198 g/mol. The fourth-order valence-electron chi connectivity index (χ4n) is 0.914. The quantitative estimate of drug-likeness (QED) is 0.671. The van der Waals surface area contributed by atoms with Crippen molar-refractivity contribution in [3.8, 4) is 11.5 Å². The van der Waals surface area contributed by atoms with Crippen LogP contribution in [-0.4, -0.2) is 30.7 Å². The summed E-state index contributed by atoms with van der Waals surface area (Å²) in [5.41, 5.74) is 0.792. The highest BCUT2D eigenvalue weighted by Crippen LogP contribution is 2.24. The van der Waals surface area contributed by atoms with E-state index in [0.717, 1.165) is 6.07 Å². The number of aldehydes is 1. The fraction of sp³-hybridized carbons (Fsp3) is 0.300. The molecular weight excluding hydrogens is 184 g/mol. The average molecular weight is 198 g/mol. The average Bonchev–Trinajstić information content (AvgIpc) is 2.04. The zero-order valence-electron chi connectivity index (χ0n) is 8.44. The van der Waals surface area contributed by atoms with E-state index in [1.54, 1.807) is 21.1 Å². The van der Waals surface area contributed by atoms with Crippen LogP contribution in [0.15, 0.2) is 12.1 Å². The summed E-state index contributed by atoms with van der Waals surface area (Å²) in [6.07, 6.45) is 0.560. The fourth-order valence-corrected chi connectivity index (χ4v) is 0.914. The summed E-state index contributed by atoms with van der Waals surface area (Å²) in [6, 6.07) is 2.56. The van der Waals surface area contributed by atoms with E-state index in [1.165, 1.54) is 6.07 Å². The standard InChI is InChI=1S/C8H8O3.C2H6O/c1-5-2-6(10)3-8(11)7(5)4-9;1-3-2/h2-4,10-11H,1H3;1-2H3. The number of aryl methyl sites for hydroxylation is 1. The number of hydrogen-bond acceptors (Lipinski definition) is 4. The summed E-state index contributed by atoms with van der Waals surface area (Å²) in [7, 11) is 3.25. The van der Waals surface area contributed by atoms with Gasteiger partial charge in [0.1, 0.15) is 11.5 Å². The van der Waals surface area contributed by atoms with Gasteiger partial charge in [0.2, 0.25) is 0 Å². The van der Waals surface area contributed by atoms with Gasteiger partial charge in [-0.15, -0.1) is 0 Å². The van der Waals surface area contributed by atoms with Gasteiger partial charge in [0.25, 0.3) is 0 Å². The second-order valence-corrected chi connectivity index (χ2v) is 2.72. The first kappa shape index (κ1) is 12.4. The Morgan fingerprint density at radius 3 is 2.14 bits per heavy atom. The highest BCUT2D eigenvalue weighted by Gasteiger charge is 2.04. The van der Waals surface area contributed by atoms with Crippen LogP contribution >= 0.6 is 0 Å². The molecule has 0 heterocycles. The Bertz CT molecular complexity index is 284. The van der Waals surface area contributed by atoms with Crippen molar-refractivity contribution in [3.63, 3.8) is 0 Å². The largest absolute Gasteiger partial charge is 0.508 e. The number of phenols is 2. The predicted molar refractivity (Wildman–Crippen MR) is 52.8 cm³/mol. The van der Waals surface area contributed by atoms with Gasteiger partial charge in [-0.3, -0.25) is 4.79 Å². The molecule has 0 atom stereocenters. The molecule has 0 aliphatic heterocycles. The van der Waals surface area contributed by atoms with Crippen molar-refractivity contribution in [1.82, 2.24) is 0 Å². The number of ether oxygens (including phenoxy) is 1. The summed E-state index contributed by atoms with van der Waals surface area (Å²) in [4.78, 5) is 10.3. The minimum Gasteiger partial charge on any atom is -0.508 e. The Morgan fingerprint density at radius 2 is 1.79 bits per heavy atom. The topological polar surface area (TPSA) is 66.8 Å². The second kappa shape index (κ2) is 5.99. The third kappa shape index (κ3) is 3.45. The predicted octanol–water partition coefficient (Wildman–Crippen LogP) is 1.48. The van der Waals surface area contributed by atoms with Crippen molar-refractivity contribution in [2.24, 2.45) is 0 Å². The smallest absolute Gasteiger partial charge is 0.154 e. The van der Waals surface area contributed by atoms with Crippen molar-refractivity contribution in [3.05, 3.63) is 23.3 Å². The lowest BCUT2D eigenvalue weighted by Crippen LogP contribution is -1.86. The molecule has 0 unspecified atom stereocenters. The van der Waals surface area contributed by atoms with Crippen LogP contribution in [0, 0.1) is 6.92 Å². The number of methoxy groups -OCH3 is 1. The number of phenolic OH excluding ortho intramolecular Hbond substituents is 2. The Balaban J connectivity index is 0.000000500. The van der Waals surface area contributed by atoms with Crippen LogP contribution in [0.3, 0.4) is 0 Å². The van der Waals surface area contributed by atoms with Crippen LogP contribution in [0.25, 0.3) is 0 Å². The lowest BCUT2D eigenvalue weighted by Gasteiger charge is -2.01. The van der Waals surface area contributed by atoms with E-state index in [9.17, 15) is 4.79 Å². The van der Waals surface area contributed by atoms with Crippen molar-refractivity contribution in [1.29, 1.82) is 0 Å². The summed E-state index contributed by atoms with van der Waals surface area (Å²) in [6.45, 7) is 1.64. The number of hydrogen-bond donors (Lipinski definition) is 2. The number of carbonyl (C=O) groups excluding carboxylic acids is 1. The lowest BCUT2D eigenvalue weighted by molar-refractivity contribution is 0.112. The first-order valence-corrected chi connectivity index (χ1v) is 3.94. The minimum atomic E-state index is -0.183. The van der Waals surface area contributed by atoms with Gasteiger partial charge in [-0.25, -0.2) is 0 Å². The number of carbonyl (C=O) groups is 1. The van der Waals surface area contributed by atoms with Gasteiger partial charge in [-0.2, -0.15) is 0 Å². The molecule has 0 aliphatic rings. The van der Waals surface area contributed by atoms with Gasteiger partial charge >= 0.3 is 0 Å². The van der Waals surface area contributed by atoms with E-state index >= 15 is 0 Å². The van der Waals surface area contributed by atoms with E-state index < -0.39 is 0 Å². The highest BCUT2D eigenvalue weighted by molar-refractivity contribution is 5.81. The van der Waals surface area contributed by atoms with Crippen LogP contribution in [0.1, 0.15) is 15.9 Å². The van der Waals surface area contributed by atoms with E-state index in [4.69, 9.17) is 10.2 Å². The van der Waals surface area contributed by atoms with Gasteiger partial charge in [0, 0.05) is 20.3 Å². The van der Waals surface area contributed by atoms with Gasteiger partial charge in [-0.1, -0.05) is 0 Å². The van der Waals surface area contributed by atoms with Gasteiger partial charge in [0.15, 0.2) is 6.29 Å². The Hall–Kier alpha value is -1.55. The molecule has 4 nitrogen and oxygen atoms in total. The normalized spacial score (nSPS) is 8.79. The molecule has 78 valence electrons. The van der Waals surface area contributed by atoms with Crippen LogP contribution in [-0.2, 0) is 4.74 Å². The van der Waals surface area contributed by atoms with Crippen LogP contribution in [0.2, 0.25) is 0 Å². The van der Waals surface area contributed by atoms with E-state index in [2.05, 4.69) is 4.74 Å². The maximum atomic E-state index is 10.3. The summed E-state index contributed by atoms with van der Waals surface area (Å²) in [5.74, 6) is -0.219. The number of aromatic hydroxyl groups is 2. The Kier molecular flexibility index (Phi) is 5.33. The van der Waals surface area contributed by atoms with Gasteiger partial charge in [0.05, 0.1) is 5.56 Å². The molecule has 0 radical (unpaired) electrons. The van der Waals surface area contributed by atoms with Gasteiger partial charge < -0.3 is 14.9 Å². The van der Waals surface area contributed by atoms with Crippen molar-refractivity contribution >= 4 is 6.29 Å². The maximum absolute atomic E-state index is 10.3. The summed E-state index contributed by atoms with van der Waals surface area (Å²) >= 11 is 0. The van der Waals surface area contributed by atoms with E-state index in [0.29, 0.717) is 11.8 Å². The third-order valence-electron chi connectivity index (χ3n) is 1.47. The molecule has 1 aromatic rings. The minimum absolute atomic E-state index is 0.0365. The molecule has 0 saturated heterocycles. The van der Waals surface area contributed by atoms with Crippen LogP contribution in [0.5, 0.6) is 11.5 Å². The third-order valence-corrected chi connectivity index (χ3v) is 1.47. The summed E-state index contributed by atoms with van der Waals surface area (Å²) < 4.78 is 4.25. The molecule has 14 heavy (non-hydrogen) atoms. The zero-order chi connectivity index (χ0) is 11.1. The lowest BCUT2D eigenvalue weighted by atomic mass is 10.1. The number of benzene rings is 1. The van der Waals surface area contributed by atoms with Crippen molar-refractivity contribution in [2.45, 2.75) is 6.92 Å². The SMILES string of the molecule is COC.Cc1cc(O)cc(O)c1C=O.